The summed E-state index contributed by atoms with van der Waals surface area (Å²) in [5.41, 5.74) is 0.0199. The van der Waals surface area contributed by atoms with Gasteiger partial charge < -0.3 is 21.4 Å². The summed E-state index contributed by atoms with van der Waals surface area (Å²) in [4.78, 5) is 23.3. The van der Waals surface area contributed by atoms with Crippen LogP contribution in [0, 0.1) is 6.92 Å². The Kier molecular flexibility index (Phi) is 7.49. The van der Waals surface area contributed by atoms with Crippen LogP contribution in [-0.2, 0) is 32.7 Å². The Hall–Kier alpha value is -2.01. The number of nitrogens with zero attached hydrogens (tertiary/aromatic N) is 2. The summed E-state index contributed by atoms with van der Waals surface area (Å²) < 4.78 is 44.7. The summed E-state index contributed by atoms with van der Waals surface area (Å²) in [7, 11) is 0. The molecular formula is C13H10F3N4O4Y-. The first kappa shape index (κ1) is 21.0. The number of carbonyl (C=O) groups is 2. The van der Waals surface area contributed by atoms with Crippen molar-refractivity contribution in [1.82, 2.24) is 15.5 Å². The number of hydrogen-bond acceptors (Lipinski definition) is 6. The zero-order valence-electron chi connectivity index (χ0n) is 12.5. The molecule has 0 saturated carbocycles. The number of carbonyl (C=O) groups excluding carboxylic acids is 2. The van der Waals surface area contributed by atoms with Crippen LogP contribution in [0.5, 0.6) is 5.75 Å². The van der Waals surface area contributed by atoms with Crippen LogP contribution in [0.2, 0.25) is 0 Å². The molecule has 0 fully saturated rings. The summed E-state index contributed by atoms with van der Waals surface area (Å²) >= 11 is 0. The number of hydrogen-bond donors (Lipinski definition) is 2. The fourth-order valence-electron chi connectivity index (χ4n) is 1.53. The van der Waals surface area contributed by atoms with Gasteiger partial charge in [0, 0.05) is 38.3 Å². The van der Waals surface area contributed by atoms with Gasteiger partial charge in [-0.2, -0.15) is 0 Å². The van der Waals surface area contributed by atoms with Gasteiger partial charge in [-0.15, -0.1) is 24.8 Å². The Labute approximate surface area is 164 Å². The monoisotopic (exact) mass is 432 g/mol. The molecule has 0 aliphatic heterocycles. The van der Waals surface area contributed by atoms with E-state index in [-0.39, 0.29) is 56.7 Å². The van der Waals surface area contributed by atoms with Gasteiger partial charge in [0.15, 0.2) is 0 Å². The maximum Gasteiger partial charge on any atom is 0.573 e. The normalized spacial score (nSPS) is 10.6. The summed E-state index contributed by atoms with van der Waals surface area (Å²) in [6.45, 7) is 3.51. The van der Waals surface area contributed by atoms with Gasteiger partial charge in [-0.3, -0.25) is 14.9 Å². The Morgan fingerprint density at radius 3 is 2.36 bits per heavy atom. The molecule has 0 spiro atoms. The van der Waals surface area contributed by atoms with Gasteiger partial charge >= 0.3 is 24.2 Å². The second-order valence-electron chi connectivity index (χ2n) is 4.19. The molecule has 0 aliphatic rings. The Bertz CT molecular complexity index is 734. The number of benzene rings is 1. The minimum Gasteiger partial charge on any atom is -0.406 e. The van der Waals surface area contributed by atoms with Crippen molar-refractivity contribution in [3.63, 3.8) is 0 Å². The maximum absolute atomic E-state index is 12.0. The second kappa shape index (κ2) is 8.90. The molecule has 12 heteroatoms. The van der Waals surface area contributed by atoms with Gasteiger partial charge in [-0.05, 0) is 24.3 Å². The quantitative estimate of drug-likeness (QED) is 0.698. The van der Waals surface area contributed by atoms with Crippen molar-refractivity contribution >= 4 is 17.8 Å². The third kappa shape index (κ3) is 6.42. The summed E-state index contributed by atoms with van der Waals surface area (Å²) in [6, 6.07) is 3.84. The maximum atomic E-state index is 12.0. The van der Waals surface area contributed by atoms with Crippen molar-refractivity contribution in [1.29, 1.82) is 0 Å². The smallest absolute Gasteiger partial charge is 0.406 e. The van der Waals surface area contributed by atoms with E-state index in [9.17, 15) is 22.8 Å². The van der Waals surface area contributed by atoms with E-state index in [2.05, 4.69) is 32.5 Å². The molecular weight excluding hydrogens is 422 g/mol. The standard InChI is InChI=1S/C13H10F3N4O4.Y/c1-2-17-10(22)11-19-20-12(23-11)18-9(21)7-3-5-8(6-4-7)24-13(14,15)16;/h3-6H,1-2H2,(H,17,22)(H,18,20,21);/q-1;. The number of nitrogens with one attached hydrogen (secondary N) is 2. The molecule has 2 rings (SSSR count). The molecule has 0 saturated heterocycles. The molecule has 1 aromatic heterocycles. The largest absolute Gasteiger partial charge is 0.573 e. The van der Waals surface area contributed by atoms with E-state index in [1.54, 1.807) is 0 Å². The van der Waals surface area contributed by atoms with Crippen molar-refractivity contribution in [3.05, 3.63) is 42.6 Å². The number of rotatable bonds is 5. The fraction of sp³-hybridized carbons (Fsp3) is 0.154. The van der Waals surface area contributed by atoms with E-state index in [0.717, 1.165) is 24.3 Å². The topological polar surface area (TPSA) is 106 Å². The summed E-state index contributed by atoms with van der Waals surface area (Å²) in [5.74, 6) is -2.22. The average Bonchev–Trinajstić information content (AvgIpc) is 2.95. The van der Waals surface area contributed by atoms with Crippen LogP contribution in [0.3, 0.4) is 0 Å². The number of anilines is 1. The Morgan fingerprint density at radius 1 is 1.16 bits per heavy atom. The van der Waals surface area contributed by atoms with Gasteiger partial charge in [-0.1, -0.05) is 5.10 Å². The van der Waals surface area contributed by atoms with Crippen LogP contribution < -0.4 is 15.4 Å². The van der Waals surface area contributed by atoms with E-state index < -0.39 is 23.9 Å². The molecule has 25 heavy (non-hydrogen) atoms. The van der Waals surface area contributed by atoms with Crippen LogP contribution >= 0.6 is 0 Å². The minimum absolute atomic E-state index is 0. The summed E-state index contributed by atoms with van der Waals surface area (Å²) in [6.07, 6.45) is -4.82. The van der Waals surface area contributed by atoms with Crippen LogP contribution in [0.15, 0.2) is 28.7 Å². The molecule has 0 bridgehead atoms. The van der Waals surface area contributed by atoms with Gasteiger partial charge in [0.05, 0.1) is 0 Å². The zero-order valence-corrected chi connectivity index (χ0v) is 15.3. The molecule has 2 aromatic rings. The number of amides is 2. The SMILES string of the molecule is [CH2-]CNC(=O)c1nnc(NC(=O)c2ccc(OC(F)(F)F)cc2)o1.[Y]. The minimum atomic E-state index is -4.82. The van der Waals surface area contributed by atoms with E-state index in [1.165, 1.54) is 0 Å². The van der Waals surface area contributed by atoms with Crippen LogP contribution in [-0.4, -0.2) is 34.9 Å². The van der Waals surface area contributed by atoms with Gasteiger partial charge in [0.25, 0.3) is 5.91 Å². The first-order chi connectivity index (χ1) is 11.3. The van der Waals surface area contributed by atoms with Crippen LogP contribution in [0.1, 0.15) is 21.0 Å². The molecule has 1 aromatic carbocycles. The second-order valence-corrected chi connectivity index (χ2v) is 4.19. The van der Waals surface area contributed by atoms with Crippen molar-refractivity contribution in [2.24, 2.45) is 0 Å². The molecule has 0 aliphatic carbocycles. The number of halogens is 3. The third-order valence-corrected chi connectivity index (χ3v) is 2.48. The van der Waals surface area contributed by atoms with Crippen molar-refractivity contribution in [2.45, 2.75) is 6.36 Å². The first-order valence-electron chi connectivity index (χ1n) is 6.36. The molecule has 0 atom stereocenters. The Balaban J connectivity index is 0.00000312. The Morgan fingerprint density at radius 2 is 1.80 bits per heavy atom. The third-order valence-electron chi connectivity index (χ3n) is 2.48. The van der Waals surface area contributed by atoms with E-state index in [1.807, 2.05) is 0 Å². The van der Waals surface area contributed by atoms with E-state index in [0.29, 0.717) is 0 Å². The van der Waals surface area contributed by atoms with Gasteiger partial charge in [-0.25, -0.2) is 0 Å². The molecule has 8 nitrogen and oxygen atoms in total. The number of ether oxygens (including phenoxy) is 1. The first-order valence-corrected chi connectivity index (χ1v) is 6.36. The predicted molar refractivity (Wildman–Crippen MR) is 73.1 cm³/mol. The molecule has 1 heterocycles. The number of alkyl halides is 3. The molecule has 0 unspecified atom stereocenters. The van der Waals surface area contributed by atoms with E-state index >= 15 is 0 Å². The molecule has 1 radical (unpaired) electrons. The van der Waals surface area contributed by atoms with Crippen LogP contribution in [0.25, 0.3) is 0 Å². The van der Waals surface area contributed by atoms with Crippen molar-refractivity contribution in [3.8, 4) is 5.75 Å². The van der Waals surface area contributed by atoms with Gasteiger partial charge in [0.2, 0.25) is 0 Å². The van der Waals surface area contributed by atoms with E-state index in [4.69, 9.17) is 4.42 Å². The molecule has 2 N–H and O–H groups in total. The summed E-state index contributed by atoms with van der Waals surface area (Å²) in [5, 5.41) is 11.4. The van der Waals surface area contributed by atoms with Gasteiger partial charge in [0.1, 0.15) is 5.75 Å². The van der Waals surface area contributed by atoms with Crippen molar-refractivity contribution < 1.29 is 64.6 Å². The average molecular weight is 432 g/mol. The predicted octanol–water partition coefficient (Wildman–Crippen LogP) is 1.78. The molecule has 131 valence electrons. The van der Waals surface area contributed by atoms with Crippen molar-refractivity contribution in [2.75, 3.05) is 11.9 Å². The molecule has 2 amide bonds. The fourth-order valence-corrected chi connectivity index (χ4v) is 1.53. The zero-order chi connectivity index (χ0) is 17.7. The number of aromatic nitrogens is 2. The van der Waals surface area contributed by atoms with Crippen LogP contribution in [0.4, 0.5) is 19.2 Å².